The molecule has 0 amide bonds. The summed E-state index contributed by atoms with van der Waals surface area (Å²) in [5.74, 6) is -0.349. The van der Waals surface area contributed by atoms with Gasteiger partial charge in [0.15, 0.2) is 0 Å². The van der Waals surface area contributed by atoms with Crippen molar-refractivity contribution >= 4 is 15.7 Å². The van der Waals surface area contributed by atoms with Gasteiger partial charge in [0.25, 0.3) is 10.0 Å². The quantitative estimate of drug-likeness (QED) is 0.600. The molecule has 1 unspecified atom stereocenters. The van der Waals surface area contributed by atoms with Crippen molar-refractivity contribution in [3.8, 4) is 0 Å². The third kappa shape index (κ3) is 3.83. The van der Waals surface area contributed by atoms with Gasteiger partial charge in [0.05, 0.1) is 24.0 Å². The van der Waals surface area contributed by atoms with Crippen molar-refractivity contribution in [3.63, 3.8) is 0 Å². The summed E-state index contributed by atoms with van der Waals surface area (Å²) in [6, 6.07) is 22.5. The fourth-order valence-corrected chi connectivity index (χ4v) is 5.24. The first kappa shape index (κ1) is 20.2. The van der Waals surface area contributed by atoms with Crippen LogP contribution in [0, 0.1) is 12.7 Å². The smallest absolute Gasteiger partial charge is 0.264 e. The van der Waals surface area contributed by atoms with Crippen LogP contribution in [0.2, 0.25) is 0 Å². The van der Waals surface area contributed by atoms with Gasteiger partial charge in [-0.1, -0.05) is 54.6 Å². The largest absolute Gasteiger partial charge is 0.357 e. The van der Waals surface area contributed by atoms with E-state index in [1.165, 1.54) is 16.4 Å². The van der Waals surface area contributed by atoms with E-state index in [0.29, 0.717) is 12.2 Å². The molecule has 1 aliphatic heterocycles. The van der Waals surface area contributed by atoms with E-state index in [-0.39, 0.29) is 23.3 Å². The Labute approximate surface area is 176 Å². The molecule has 3 aromatic rings. The lowest BCUT2D eigenvalue weighted by Crippen LogP contribution is -2.48. The van der Waals surface area contributed by atoms with Crippen LogP contribution in [0.3, 0.4) is 0 Å². The van der Waals surface area contributed by atoms with Crippen LogP contribution in [-0.4, -0.2) is 25.8 Å². The summed E-state index contributed by atoms with van der Waals surface area (Å²) in [5, 5.41) is 0. The molecule has 1 aliphatic rings. The van der Waals surface area contributed by atoms with E-state index in [2.05, 4.69) is 11.5 Å². The SMILES string of the molecule is C=C1CN(c2ccccc2)C(c2cccc(F)c2)CN1S(=O)(=O)c1ccc(C)cc1. The normalized spacial score (nSPS) is 17.3. The minimum absolute atomic E-state index is 0.146. The molecule has 0 aromatic heterocycles. The maximum atomic E-state index is 14.0. The molecule has 4 rings (SSSR count). The van der Waals surface area contributed by atoms with Gasteiger partial charge in [-0.2, -0.15) is 0 Å². The van der Waals surface area contributed by atoms with E-state index < -0.39 is 10.0 Å². The molecule has 4 nitrogen and oxygen atoms in total. The molecule has 1 atom stereocenters. The number of rotatable bonds is 4. The first-order valence-corrected chi connectivity index (χ1v) is 11.1. The van der Waals surface area contributed by atoms with E-state index in [9.17, 15) is 12.8 Å². The van der Waals surface area contributed by atoms with Crippen LogP contribution >= 0.6 is 0 Å². The van der Waals surface area contributed by atoms with E-state index in [0.717, 1.165) is 16.8 Å². The van der Waals surface area contributed by atoms with Crippen molar-refractivity contribution in [2.75, 3.05) is 18.0 Å². The second-order valence-electron chi connectivity index (χ2n) is 7.45. The highest BCUT2D eigenvalue weighted by molar-refractivity contribution is 7.89. The fraction of sp³-hybridized carbons (Fsp3) is 0.167. The summed E-state index contributed by atoms with van der Waals surface area (Å²) in [5.41, 5.74) is 3.11. The van der Waals surface area contributed by atoms with Gasteiger partial charge in [0.2, 0.25) is 0 Å². The maximum absolute atomic E-state index is 14.0. The second-order valence-corrected chi connectivity index (χ2v) is 9.31. The Kier molecular flexibility index (Phi) is 5.35. The zero-order valence-electron chi connectivity index (χ0n) is 16.7. The lowest BCUT2D eigenvalue weighted by molar-refractivity contribution is 0.389. The molecule has 3 aromatic carbocycles. The Balaban J connectivity index is 1.76. The van der Waals surface area contributed by atoms with Crippen LogP contribution in [0.4, 0.5) is 10.1 Å². The molecule has 0 spiro atoms. The van der Waals surface area contributed by atoms with Crippen LogP contribution < -0.4 is 4.90 Å². The molecular weight excluding hydrogens is 399 g/mol. The van der Waals surface area contributed by atoms with Gasteiger partial charge < -0.3 is 4.90 Å². The van der Waals surface area contributed by atoms with Crippen molar-refractivity contribution in [3.05, 3.63) is 108 Å². The van der Waals surface area contributed by atoms with Gasteiger partial charge in [-0.15, -0.1) is 0 Å². The number of benzene rings is 3. The van der Waals surface area contributed by atoms with Crippen LogP contribution in [0.1, 0.15) is 17.2 Å². The number of halogens is 1. The molecule has 1 fully saturated rings. The minimum atomic E-state index is -3.77. The molecule has 0 saturated carbocycles. The summed E-state index contributed by atoms with van der Waals surface area (Å²) in [6.07, 6.45) is 0. The second kappa shape index (κ2) is 7.95. The number of nitrogens with zero attached hydrogens (tertiary/aromatic N) is 2. The topological polar surface area (TPSA) is 40.6 Å². The lowest BCUT2D eigenvalue weighted by atomic mass is 10.0. The van der Waals surface area contributed by atoms with E-state index in [1.54, 1.807) is 30.3 Å². The van der Waals surface area contributed by atoms with Crippen LogP contribution in [0.15, 0.2) is 96.0 Å². The highest BCUT2D eigenvalue weighted by Crippen LogP contribution is 2.36. The summed E-state index contributed by atoms with van der Waals surface area (Å²) in [4.78, 5) is 2.29. The number of anilines is 1. The van der Waals surface area contributed by atoms with Gasteiger partial charge in [0, 0.05) is 11.4 Å². The third-order valence-corrected chi connectivity index (χ3v) is 7.21. The average Bonchev–Trinajstić information content (AvgIpc) is 2.74. The number of hydrogen-bond acceptors (Lipinski definition) is 3. The standard InChI is InChI=1S/C24H23FN2O2S/c1-18-11-13-23(14-12-18)30(28,29)27-17-24(20-7-6-8-21(25)15-20)26(16-19(27)2)22-9-4-3-5-10-22/h3-15,24H,2,16-17H2,1H3. The van der Waals surface area contributed by atoms with Crippen LogP contribution in [-0.2, 0) is 10.0 Å². The highest BCUT2D eigenvalue weighted by Gasteiger charge is 2.36. The van der Waals surface area contributed by atoms with Crippen molar-refractivity contribution in [2.24, 2.45) is 0 Å². The first-order chi connectivity index (χ1) is 14.4. The molecule has 154 valence electrons. The molecule has 6 heteroatoms. The monoisotopic (exact) mass is 422 g/mol. The number of sulfonamides is 1. The zero-order valence-corrected chi connectivity index (χ0v) is 17.5. The molecular formula is C24H23FN2O2S. The third-order valence-electron chi connectivity index (χ3n) is 5.35. The molecule has 30 heavy (non-hydrogen) atoms. The summed E-state index contributed by atoms with van der Waals surface area (Å²) < 4.78 is 42.1. The summed E-state index contributed by atoms with van der Waals surface area (Å²) in [6.45, 7) is 6.43. The maximum Gasteiger partial charge on any atom is 0.264 e. The molecule has 1 heterocycles. The van der Waals surface area contributed by atoms with E-state index in [1.807, 2.05) is 43.3 Å². The van der Waals surface area contributed by atoms with E-state index in [4.69, 9.17) is 0 Å². The Morgan fingerprint density at radius 1 is 0.967 bits per heavy atom. The number of para-hydroxylation sites is 1. The summed E-state index contributed by atoms with van der Waals surface area (Å²) >= 11 is 0. The van der Waals surface area contributed by atoms with Crippen molar-refractivity contribution in [2.45, 2.75) is 17.9 Å². The number of hydrogen-bond donors (Lipinski definition) is 0. The van der Waals surface area contributed by atoms with E-state index >= 15 is 0 Å². The van der Waals surface area contributed by atoms with Crippen molar-refractivity contribution < 1.29 is 12.8 Å². The highest BCUT2D eigenvalue weighted by atomic mass is 32.2. The Bertz CT molecular complexity index is 1160. The molecule has 0 radical (unpaired) electrons. The number of aryl methyl sites for hydroxylation is 1. The minimum Gasteiger partial charge on any atom is -0.357 e. The van der Waals surface area contributed by atoms with Crippen molar-refractivity contribution in [1.82, 2.24) is 4.31 Å². The average molecular weight is 423 g/mol. The predicted molar refractivity (Wildman–Crippen MR) is 117 cm³/mol. The van der Waals surface area contributed by atoms with Crippen LogP contribution in [0.25, 0.3) is 0 Å². The Morgan fingerprint density at radius 2 is 1.67 bits per heavy atom. The van der Waals surface area contributed by atoms with Gasteiger partial charge in [-0.3, -0.25) is 4.31 Å². The summed E-state index contributed by atoms with van der Waals surface area (Å²) in [7, 11) is -3.77. The first-order valence-electron chi connectivity index (χ1n) is 9.70. The molecule has 0 aliphatic carbocycles. The lowest BCUT2D eigenvalue weighted by Gasteiger charge is -2.44. The molecule has 0 bridgehead atoms. The van der Waals surface area contributed by atoms with Gasteiger partial charge in [-0.25, -0.2) is 12.8 Å². The van der Waals surface area contributed by atoms with Gasteiger partial charge in [-0.05, 0) is 48.9 Å². The Hall–Kier alpha value is -3.12. The predicted octanol–water partition coefficient (Wildman–Crippen LogP) is 4.90. The zero-order chi connectivity index (χ0) is 21.3. The van der Waals surface area contributed by atoms with Gasteiger partial charge in [0.1, 0.15) is 5.82 Å². The fourth-order valence-electron chi connectivity index (χ4n) is 3.77. The van der Waals surface area contributed by atoms with Crippen molar-refractivity contribution in [1.29, 1.82) is 0 Å². The molecule has 0 N–H and O–H groups in total. The Morgan fingerprint density at radius 3 is 2.33 bits per heavy atom. The molecule has 1 saturated heterocycles. The number of piperazine rings is 1. The van der Waals surface area contributed by atoms with Gasteiger partial charge >= 0.3 is 0 Å². The van der Waals surface area contributed by atoms with Crippen LogP contribution in [0.5, 0.6) is 0 Å².